The molecule has 0 unspecified atom stereocenters. The van der Waals surface area contributed by atoms with Crippen LogP contribution >= 0.6 is 22.6 Å². The molecule has 24 heavy (non-hydrogen) atoms. The van der Waals surface area contributed by atoms with Crippen LogP contribution in [0.3, 0.4) is 0 Å². The van der Waals surface area contributed by atoms with E-state index in [0.717, 1.165) is 0 Å². The van der Waals surface area contributed by atoms with E-state index in [4.69, 9.17) is 29.4 Å². The van der Waals surface area contributed by atoms with Crippen molar-refractivity contribution in [3.05, 3.63) is 0 Å². The fourth-order valence-electron chi connectivity index (χ4n) is 1.35. The molecule has 0 aromatic rings. The van der Waals surface area contributed by atoms with Crippen molar-refractivity contribution in [2.75, 3.05) is 77.0 Å². The average molecular weight is 461 g/mol. The largest absolute Gasteiger partial charge is 0.377 e. The van der Waals surface area contributed by atoms with Crippen LogP contribution in [-0.2, 0) is 33.3 Å². The second-order valence-electron chi connectivity index (χ2n) is 4.41. The molecule has 0 aliphatic heterocycles. The lowest BCUT2D eigenvalue weighted by Crippen LogP contribution is -2.28. The van der Waals surface area contributed by atoms with Crippen LogP contribution in [0.1, 0.15) is 0 Å². The third kappa shape index (κ3) is 19.5. The molecule has 0 saturated carbocycles. The van der Waals surface area contributed by atoms with Gasteiger partial charge in [-0.1, -0.05) is 22.6 Å². The van der Waals surface area contributed by atoms with E-state index in [1.807, 2.05) is 22.6 Å². The lowest BCUT2D eigenvalue weighted by molar-refractivity contribution is -0.123. The molecule has 0 saturated heterocycles. The third-order valence-corrected chi connectivity index (χ3v) is 3.10. The number of nitrogens with one attached hydrogen (secondary N) is 2. The fourth-order valence-corrected chi connectivity index (χ4v) is 1.62. The van der Waals surface area contributed by atoms with Crippen molar-refractivity contribution in [1.82, 2.24) is 11.1 Å². The van der Waals surface area contributed by atoms with E-state index in [1.165, 1.54) is 0 Å². The molecule has 0 rings (SSSR count). The summed E-state index contributed by atoms with van der Waals surface area (Å²) in [7, 11) is 0. The Hall–Kier alpha value is -0.530. The molecule has 0 aliphatic rings. The van der Waals surface area contributed by atoms with Gasteiger partial charge in [-0.15, -0.1) is 0 Å². The van der Waals surface area contributed by atoms with Gasteiger partial charge in [-0.3, -0.25) is 15.3 Å². The number of alkyl halides is 1. The molecule has 2 N–H and O–H groups in total. The van der Waals surface area contributed by atoms with Crippen molar-refractivity contribution in [2.24, 2.45) is 0 Å². The highest BCUT2D eigenvalue weighted by Gasteiger charge is 1.97. The minimum atomic E-state index is -0.744. The van der Waals surface area contributed by atoms with Gasteiger partial charge in [0.1, 0.15) is 6.61 Å². The van der Waals surface area contributed by atoms with Crippen molar-refractivity contribution in [3.8, 4) is 0 Å². The number of carbonyl (C=O) groups is 2. The van der Waals surface area contributed by atoms with E-state index < -0.39 is 5.91 Å². The van der Waals surface area contributed by atoms with Crippen molar-refractivity contribution >= 4 is 34.4 Å². The van der Waals surface area contributed by atoms with Crippen molar-refractivity contribution in [1.29, 1.82) is 0 Å². The Morgan fingerprint density at radius 2 is 1.17 bits per heavy atom. The second kappa shape index (κ2) is 18.8. The van der Waals surface area contributed by atoms with Gasteiger partial charge in [-0.05, 0) is 0 Å². The molecule has 0 heterocycles. The Kier molecular flexibility index (Phi) is 18.4. The molecule has 0 aromatic heterocycles. The number of ether oxygens (including phenoxy) is 5. The molecule has 10 heteroatoms. The number of carbonyl (C=O) groups excluding carboxylic acids is 2. The Balaban J connectivity index is 3.03. The molecule has 0 fully saturated rings. The van der Waals surface area contributed by atoms with Gasteiger partial charge in [0, 0.05) is 6.54 Å². The number of amides is 2. The van der Waals surface area contributed by atoms with E-state index in [2.05, 4.69) is 5.32 Å². The van der Waals surface area contributed by atoms with Crippen molar-refractivity contribution < 1.29 is 33.3 Å². The van der Waals surface area contributed by atoms with Crippen LogP contribution in [0, 0.1) is 0 Å². The number of hydrogen-bond donors (Lipinski definition) is 1. The van der Waals surface area contributed by atoms with Gasteiger partial charge in [0.15, 0.2) is 0 Å². The van der Waals surface area contributed by atoms with Crippen LogP contribution in [0.25, 0.3) is 0 Å². The smallest absolute Gasteiger partial charge is 0.264 e. The zero-order valence-corrected chi connectivity index (χ0v) is 15.9. The summed E-state index contributed by atoms with van der Waals surface area (Å²) in [5, 5.41) is 2.71. The maximum atomic E-state index is 10.9. The standard InChI is InChI=1S/C14H26IN2O7/c15-11-14(19)17-1-2-20-3-4-21-5-6-22-7-8-23-9-10-24-12-13(16)18/h16H,1-12H2,(H,17,19). The van der Waals surface area contributed by atoms with E-state index in [9.17, 15) is 9.59 Å². The van der Waals surface area contributed by atoms with Crippen LogP contribution in [-0.4, -0.2) is 88.9 Å². The third-order valence-electron chi connectivity index (χ3n) is 2.41. The molecule has 9 nitrogen and oxygen atoms in total. The van der Waals surface area contributed by atoms with E-state index >= 15 is 0 Å². The normalized spacial score (nSPS) is 10.7. The van der Waals surface area contributed by atoms with Crippen molar-refractivity contribution in [2.45, 2.75) is 0 Å². The Bertz CT molecular complexity index is 321. The maximum absolute atomic E-state index is 10.9. The zero-order valence-electron chi connectivity index (χ0n) is 13.7. The Labute approximate surface area is 156 Å². The summed E-state index contributed by atoms with van der Waals surface area (Å²) < 4.78 is 26.4. The summed E-state index contributed by atoms with van der Waals surface area (Å²) in [6.07, 6.45) is 0. The highest BCUT2D eigenvalue weighted by atomic mass is 127. The molecule has 0 aromatic carbocycles. The van der Waals surface area contributed by atoms with Crippen LogP contribution in [0.15, 0.2) is 0 Å². The van der Waals surface area contributed by atoms with Gasteiger partial charge in [-0.2, -0.15) is 0 Å². The van der Waals surface area contributed by atoms with Gasteiger partial charge in [0.2, 0.25) is 5.91 Å². The summed E-state index contributed by atoms with van der Waals surface area (Å²) >= 11 is 2.00. The fraction of sp³-hybridized carbons (Fsp3) is 0.857. The highest BCUT2D eigenvalue weighted by Crippen LogP contribution is 1.84. The predicted octanol–water partition coefficient (Wildman–Crippen LogP) is -0.570. The monoisotopic (exact) mass is 461 g/mol. The molecular weight excluding hydrogens is 435 g/mol. The van der Waals surface area contributed by atoms with Gasteiger partial charge in [-0.25, -0.2) is 0 Å². The van der Waals surface area contributed by atoms with Gasteiger partial charge in [0.05, 0.1) is 63.9 Å². The van der Waals surface area contributed by atoms with E-state index in [1.54, 1.807) is 0 Å². The first kappa shape index (κ1) is 23.5. The van der Waals surface area contributed by atoms with E-state index in [0.29, 0.717) is 63.8 Å². The lowest BCUT2D eigenvalue weighted by atomic mass is 10.6. The molecule has 1 radical (unpaired) electrons. The van der Waals surface area contributed by atoms with Crippen LogP contribution in [0.5, 0.6) is 0 Å². The first-order chi connectivity index (χ1) is 11.7. The average Bonchev–Trinajstić information content (AvgIpc) is 2.57. The predicted molar refractivity (Wildman–Crippen MR) is 94.1 cm³/mol. The van der Waals surface area contributed by atoms with Crippen molar-refractivity contribution in [3.63, 3.8) is 0 Å². The molecule has 0 bridgehead atoms. The summed E-state index contributed by atoms with van der Waals surface area (Å²) in [5.74, 6) is -0.737. The number of hydrogen-bond acceptors (Lipinski definition) is 7. The van der Waals surface area contributed by atoms with Crippen LogP contribution in [0.4, 0.5) is 0 Å². The van der Waals surface area contributed by atoms with Gasteiger partial charge < -0.3 is 29.0 Å². The molecule has 0 aliphatic carbocycles. The first-order valence-electron chi connectivity index (χ1n) is 7.62. The quantitative estimate of drug-likeness (QED) is 0.165. The summed E-state index contributed by atoms with van der Waals surface area (Å²) in [6.45, 7) is 4.22. The topological polar surface area (TPSA) is 116 Å². The molecule has 141 valence electrons. The molecular formula is C14H26IN2O7. The Morgan fingerprint density at radius 3 is 1.58 bits per heavy atom. The summed E-state index contributed by atoms with van der Waals surface area (Å²) in [5.41, 5.74) is 6.62. The van der Waals surface area contributed by atoms with E-state index in [-0.39, 0.29) is 19.1 Å². The number of rotatable bonds is 18. The summed E-state index contributed by atoms with van der Waals surface area (Å²) in [4.78, 5) is 21.2. The highest BCUT2D eigenvalue weighted by molar-refractivity contribution is 14.1. The SMILES string of the molecule is [NH]C(=O)COCCOCCOCCOCCOCCNC(=O)CI. The molecule has 0 atom stereocenters. The zero-order chi connectivity index (χ0) is 17.9. The van der Waals surface area contributed by atoms with Gasteiger partial charge in [0.25, 0.3) is 5.91 Å². The van der Waals surface area contributed by atoms with Crippen LogP contribution < -0.4 is 11.1 Å². The van der Waals surface area contributed by atoms with Crippen LogP contribution in [0.2, 0.25) is 0 Å². The Morgan fingerprint density at radius 1 is 0.750 bits per heavy atom. The summed E-state index contributed by atoms with van der Waals surface area (Å²) in [6, 6.07) is 0. The minimum absolute atomic E-state index is 0.00654. The second-order valence-corrected chi connectivity index (χ2v) is 5.17. The maximum Gasteiger partial charge on any atom is 0.264 e. The molecule has 2 amide bonds. The molecule has 0 spiro atoms. The van der Waals surface area contributed by atoms with Gasteiger partial charge >= 0.3 is 0 Å². The minimum Gasteiger partial charge on any atom is -0.377 e. The lowest BCUT2D eigenvalue weighted by Gasteiger charge is -2.08. The number of halogens is 1. The first-order valence-corrected chi connectivity index (χ1v) is 9.15.